The number of aryl methyl sites for hydroxylation is 1. The van der Waals surface area contributed by atoms with Gasteiger partial charge in [0.1, 0.15) is 0 Å². The van der Waals surface area contributed by atoms with Crippen molar-refractivity contribution in [2.24, 2.45) is 0 Å². The molecule has 2 aromatic rings. The largest absolute Gasteiger partial charge is 0.368 e. The highest BCUT2D eigenvalue weighted by Gasteiger charge is 2.21. The topological polar surface area (TPSA) is 26.8 Å². The van der Waals surface area contributed by atoms with Gasteiger partial charge in [-0.05, 0) is 36.7 Å². The van der Waals surface area contributed by atoms with Crippen molar-refractivity contribution in [1.29, 1.82) is 0 Å². The van der Waals surface area contributed by atoms with Crippen LogP contribution >= 0.6 is 0 Å². The van der Waals surface area contributed by atoms with E-state index in [0.717, 1.165) is 45.8 Å². The highest BCUT2D eigenvalue weighted by atomic mass is 16.2. The molecule has 0 bridgehead atoms. The van der Waals surface area contributed by atoms with Gasteiger partial charge in [-0.2, -0.15) is 0 Å². The third-order valence-electron chi connectivity index (χ3n) is 5.34. The predicted octanol–water partition coefficient (Wildman–Crippen LogP) is 3.56. The first kappa shape index (κ1) is 19.4. The molecule has 144 valence electrons. The zero-order chi connectivity index (χ0) is 19.1. The summed E-state index contributed by atoms with van der Waals surface area (Å²) in [6, 6.07) is 19.1. The first-order valence-electron chi connectivity index (χ1n) is 10.0. The lowest BCUT2D eigenvalue weighted by atomic mass is 10.2. The number of anilines is 1. The standard InChI is InChI=1S/C23H31N3O/c1-3-24(19-21-9-5-4-6-10-21)13-12-23(27)26-16-14-25(15-17-26)22-11-7-8-20(2)18-22/h4-11,18H,3,12-17,19H2,1-2H3. The Kier molecular flexibility index (Phi) is 6.88. The van der Waals surface area contributed by atoms with Gasteiger partial charge in [0.15, 0.2) is 0 Å². The summed E-state index contributed by atoms with van der Waals surface area (Å²) in [5.41, 5.74) is 3.85. The lowest BCUT2D eigenvalue weighted by molar-refractivity contribution is -0.131. The average Bonchev–Trinajstić information content (AvgIpc) is 2.71. The molecule has 1 aliphatic rings. The number of nitrogens with zero attached hydrogens (tertiary/aromatic N) is 3. The van der Waals surface area contributed by atoms with E-state index >= 15 is 0 Å². The highest BCUT2D eigenvalue weighted by Crippen LogP contribution is 2.18. The predicted molar refractivity (Wildman–Crippen MR) is 112 cm³/mol. The van der Waals surface area contributed by atoms with E-state index < -0.39 is 0 Å². The van der Waals surface area contributed by atoms with Crippen molar-refractivity contribution in [3.8, 4) is 0 Å². The van der Waals surface area contributed by atoms with E-state index in [1.165, 1.54) is 16.8 Å². The summed E-state index contributed by atoms with van der Waals surface area (Å²) in [5.74, 6) is 0.283. The first-order chi connectivity index (χ1) is 13.2. The molecule has 1 aliphatic heterocycles. The fourth-order valence-electron chi connectivity index (χ4n) is 3.64. The molecule has 4 heteroatoms. The van der Waals surface area contributed by atoms with Gasteiger partial charge in [0.25, 0.3) is 0 Å². The number of hydrogen-bond donors (Lipinski definition) is 0. The minimum absolute atomic E-state index is 0.283. The summed E-state index contributed by atoms with van der Waals surface area (Å²) < 4.78 is 0. The van der Waals surface area contributed by atoms with Crippen LogP contribution in [0.25, 0.3) is 0 Å². The van der Waals surface area contributed by atoms with Crippen molar-refractivity contribution in [2.75, 3.05) is 44.2 Å². The highest BCUT2D eigenvalue weighted by molar-refractivity contribution is 5.76. The third-order valence-corrected chi connectivity index (χ3v) is 5.34. The van der Waals surface area contributed by atoms with Gasteiger partial charge < -0.3 is 9.80 Å². The van der Waals surface area contributed by atoms with Crippen LogP contribution in [0.15, 0.2) is 54.6 Å². The molecule has 4 nitrogen and oxygen atoms in total. The van der Waals surface area contributed by atoms with E-state index in [1.54, 1.807) is 0 Å². The zero-order valence-electron chi connectivity index (χ0n) is 16.6. The molecular weight excluding hydrogens is 334 g/mol. The minimum Gasteiger partial charge on any atom is -0.368 e. The van der Waals surface area contributed by atoms with Gasteiger partial charge in [-0.3, -0.25) is 9.69 Å². The van der Waals surface area contributed by atoms with Gasteiger partial charge in [0, 0.05) is 51.4 Å². The lowest BCUT2D eigenvalue weighted by Crippen LogP contribution is -2.49. The SMILES string of the molecule is CCN(CCC(=O)N1CCN(c2cccc(C)c2)CC1)Cc1ccccc1. The number of amides is 1. The van der Waals surface area contributed by atoms with Crippen molar-refractivity contribution >= 4 is 11.6 Å². The smallest absolute Gasteiger partial charge is 0.223 e. The Bertz CT molecular complexity index is 723. The van der Waals surface area contributed by atoms with E-state index in [1.807, 2.05) is 11.0 Å². The second-order valence-corrected chi connectivity index (χ2v) is 7.31. The quantitative estimate of drug-likeness (QED) is 0.751. The Morgan fingerprint density at radius 2 is 1.74 bits per heavy atom. The molecule has 1 heterocycles. The lowest BCUT2D eigenvalue weighted by Gasteiger charge is -2.36. The molecule has 3 rings (SSSR count). The molecule has 0 atom stereocenters. The van der Waals surface area contributed by atoms with Gasteiger partial charge in [-0.1, -0.05) is 49.4 Å². The number of piperazine rings is 1. The summed E-state index contributed by atoms with van der Waals surface area (Å²) >= 11 is 0. The van der Waals surface area contributed by atoms with Crippen molar-refractivity contribution < 1.29 is 4.79 Å². The Morgan fingerprint density at radius 3 is 2.41 bits per heavy atom. The molecule has 27 heavy (non-hydrogen) atoms. The summed E-state index contributed by atoms with van der Waals surface area (Å²) in [5, 5.41) is 0. The monoisotopic (exact) mass is 365 g/mol. The third kappa shape index (κ3) is 5.57. The van der Waals surface area contributed by atoms with Crippen LogP contribution in [0.5, 0.6) is 0 Å². The first-order valence-corrected chi connectivity index (χ1v) is 10.0. The van der Waals surface area contributed by atoms with E-state index in [4.69, 9.17) is 0 Å². The maximum Gasteiger partial charge on any atom is 0.223 e. The van der Waals surface area contributed by atoms with Crippen LogP contribution in [0.4, 0.5) is 5.69 Å². The van der Waals surface area contributed by atoms with Gasteiger partial charge in [0.2, 0.25) is 5.91 Å². The summed E-state index contributed by atoms with van der Waals surface area (Å²) in [4.78, 5) is 19.4. The second kappa shape index (κ2) is 9.56. The van der Waals surface area contributed by atoms with Gasteiger partial charge >= 0.3 is 0 Å². The van der Waals surface area contributed by atoms with Crippen LogP contribution in [-0.2, 0) is 11.3 Å². The molecule has 1 saturated heterocycles. The summed E-state index contributed by atoms with van der Waals surface area (Å²) in [6.07, 6.45) is 0.602. The summed E-state index contributed by atoms with van der Waals surface area (Å²) in [6.45, 7) is 10.4. The van der Waals surface area contributed by atoms with E-state index in [0.29, 0.717) is 6.42 Å². The Morgan fingerprint density at radius 1 is 1.00 bits per heavy atom. The number of rotatable bonds is 7. The Labute approximate surface area is 163 Å². The molecule has 0 unspecified atom stereocenters. The van der Waals surface area contributed by atoms with Crippen molar-refractivity contribution in [3.63, 3.8) is 0 Å². The number of benzene rings is 2. The van der Waals surface area contributed by atoms with Gasteiger partial charge in [-0.25, -0.2) is 0 Å². The van der Waals surface area contributed by atoms with Crippen molar-refractivity contribution in [1.82, 2.24) is 9.80 Å². The van der Waals surface area contributed by atoms with Crippen molar-refractivity contribution in [2.45, 2.75) is 26.8 Å². The fraction of sp³-hybridized carbons (Fsp3) is 0.435. The summed E-state index contributed by atoms with van der Waals surface area (Å²) in [7, 11) is 0. The normalized spacial score (nSPS) is 14.6. The van der Waals surface area contributed by atoms with Crippen LogP contribution < -0.4 is 4.90 Å². The molecule has 0 saturated carbocycles. The molecule has 0 N–H and O–H groups in total. The molecule has 1 fully saturated rings. The van der Waals surface area contributed by atoms with Crippen molar-refractivity contribution in [3.05, 3.63) is 65.7 Å². The van der Waals surface area contributed by atoms with Crippen LogP contribution in [0.3, 0.4) is 0 Å². The number of hydrogen-bond acceptors (Lipinski definition) is 3. The zero-order valence-corrected chi connectivity index (χ0v) is 16.6. The minimum atomic E-state index is 0.283. The molecule has 0 radical (unpaired) electrons. The van der Waals surface area contributed by atoms with E-state index in [-0.39, 0.29) is 5.91 Å². The average molecular weight is 366 g/mol. The van der Waals surface area contributed by atoms with Crippen LogP contribution in [-0.4, -0.2) is 55.0 Å². The van der Waals surface area contributed by atoms with E-state index in [2.05, 4.69) is 72.2 Å². The van der Waals surface area contributed by atoms with Crippen LogP contribution in [0.1, 0.15) is 24.5 Å². The molecular formula is C23H31N3O. The van der Waals surface area contributed by atoms with Gasteiger partial charge in [-0.15, -0.1) is 0 Å². The molecule has 0 aromatic heterocycles. The van der Waals surface area contributed by atoms with Gasteiger partial charge in [0.05, 0.1) is 0 Å². The second-order valence-electron chi connectivity index (χ2n) is 7.31. The van der Waals surface area contributed by atoms with Crippen LogP contribution in [0.2, 0.25) is 0 Å². The maximum absolute atomic E-state index is 12.6. The maximum atomic E-state index is 12.6. The fourth-order valence-corrected chi connectivity index (χ4v) is 3.64. The molecule has 0 aliphatic carbocycles. The molecule has 0 spiro atoms. The molecule has 2 aromatic carbocycles. The van der Waals surface area contributed by atoms with Crippen LogP contribution in [0, 0.1) is 6.92 Å². The Balaban J connectivity index is 1.45. The number of carbonyl (C=O) groups excluding carboxylic acids is 1. The van der Waals surface area contributed by atoms with E-state index in [9.17, 15) is 4.79 Å². The molecule has 1 amide bonds. The Hall–Kier alpha value is -2.33. The number of carbonyl (C=O) groups is 1.